The number of ether oxygens (including phenoxy) is 1. The number of nitrogens with zero attached hydrogens (tertiary/aromatic N) is 1. The minimum absolute atomic E-state index is 0.0138. The third-order valence-electron chi connectivity index (χ3n) is 2.97. The number of hydrogen-bond donors (Lipinski definition) is 1. The normalized spacial score (nSPS) is 11.8. The Kier molecular flexibility index (Phi) is 4.58. The minimum Gasteiger partial charge on any atom is -0.465 e. The van der Waals surface area contributed by atoms with Gasteiger partial charge < -0.3 is 10.1 Å². The Hall–Kier alpha value is -2.07. The first-order valence-electron chi connectivity index (χ1n) is 6.16. The first-order valence-corrected chi connectivity index (χ1v) is 6.54. The lowest BCUT2D eigenvalue weighted by Gasteiger charge is -2.18. The lowest BCUT2D eigenvalue weighted by molar-refractivity contribution is 0.0602. The largest absolute Gasteiger partial charge is 0.465 e. The Balaban J connectivity index is 2.28. The zero-order chi connectivity index (χ0) is 14.5. The summed E-state index contributed by atoms with van der Waals surface area (Å²) in [5.74, 6) is -0.397. The fourth-order valence-corrected chi connectivity index (χ4v) is 2.06. The van der Waals surface area contributed by atoms with Gasteiger partial charge in [-0.3, -0.25) is 4.98 Å². The van der Waals surface area contributed by atoms with Crippen LogP contribution in [0.2, 0.25) is 5.02 Å². The number of carbonyl (C=O) groups excluding carboxylic acids is 1. The molecule has 0 aliphatic carbocycles. The molecule has 0 saturated carbocycles. The van der Waals surface area contributed by atoms with Gasteiger partial charge in [-0.25, -0.2) is 4.79 Å². The number of halogens is 1. The average molecular weight is 291 g/mol. The van der Waals surface area contributed by atoms with Crippen LogP contribution in [0.5, 0.6) is 0 Å². The smallest absolute Gasteiger partial charge is 0.339 e. The molecular weight excluding hydrogens is 276 g/mol. The lowest BCUT2D eigenvalue weighted by atomic mass is 10.1. The fraction of sp³-hybridized carbons (Fsp3) is 0.200. The van der Waals surface area contributed by atoms with Crippen molar-refractivity contribution < 1.29 is 9.53 Å². The van der Waals surface area contributed by atoms with Crippen LogP contribution in [0.25, 0.3) is 0 Å². The highest BCUT2D eigenvalue weighted by molar-refractivity contribution is 6.31. The molecule has 1 N–H and O–H groups in total. The second-order valence-electron chi connectivity index (χ2n) is 4.33. The van der Waals surface area contributed by atoms with Gasteiger partial charge in [-0.15, -0.1) is 0 Å². The maximum Gasteiger partial charge on any atom is 0.339 e. The van der Waals surface area contributed by atoms with Crippen LogP contribution in [0.15, 0.2) is 42.7 Å². The van der Waals surface area contributed by atoms with E-state index in [1.807, 2.05) is 19.1 Å². The first kappa shape index (κ1) is 14.3. The van der Waals surface area contributed by atoms with Crippen LogP contribution in [0.3, 0.4) is 0 Å². The summed E-state index contributed by atoms with van der Waals surface area (Å²) in [5.41, 5.74) is 2.17. The van der Waals surface area contributed by atoms with Crippen LogP contribution in [0, 0.1) is 0 Å². The summed E-state index contributed by atoms with van der Waals surface area (Å²) in [6, 6.07) is 8.87. The number of anilines is 1. The molecule has 4 nitrogen and oxygen atoms in total. The molecule has 1 heterocycles. The van der Waals surface area contributed by atoms with E-state index in [0.29, 0.717) is 16.3 Å². The molecule has 0 fully saturated rings. The molecule has 104 valence electrons. The zero-order valence-electron chi connectivity index (χ0n) is 11.3. The average Bonchev–Trinajstić information content (AvgIpc) is 2.47. The molecule has 5 heteroatoms. The summed E-state index contributed by atoms with van der Waals surface area (Å²) in [7, 11) is 1.35. The summed E-state index contributed by atoms with van der Waals surface area (Å²) in [5, 5.41) is 3.83. The molecule has 2 rings (SSSR count). The number of pyridine rings is 1. The van der Waals surface area contributed by atoms with Gasteiger partial charge in [0, 0.05) is 23.5 Å². The van der Waals surface area contributed by atoms with Crippen LogP contribution in [0.1, 0.15) is 28.9 Å². The van der Waals surface area contributed by atoms with Crippen LogP contribution in [-0.4, -0.2) is 18.1 Å². The van der Waals surface area contributed by atoms with E-state index >= 15 is 0 Å². The summed E-state index contributed by atoms with van der Waals surface area (Å²) in [6.45, 7) is 2.00. The highest BCUT2D eigenvalue weighted by atomic mass is 35.5. The maximum atomic E-state index is 11.7. The Morgan fingerprint density at radius 1 is 1.30 bits per heavy atom. The van der Waals surface area contributed by atoms with Crippen molar-refractivity contribution in [2.75, 3.05) is 12.4 Å². The Morgan fingerprint density at radius 3 is 2.65 bits per heavy atom. The van der Waals surface area contributed by atoms with E-state index in [2.05, 4.69) is 10.3 Å². The van der Waals surface area contributed by atoms with E-state index in [9.17, 15) is 4.79 Å². The highest BCUT2D eigenvalue weighted by Crippen LogP contribution is 2.26. The van der Waals surface area contributed by atoms with E-state index in [0.717, 1.165) is 5.56 Å². The molecule has 1 unspecified atom stereocenters. The molecule has 0 aliphatic heterocycles. The quantitative estimate of drug-likeness (QED) is 0.873. The van der Waals surface area contributed by atoms with Gasteiger partial charge in [0.1, 0.15) is 0 Å². The molecule has 0 amide bonds. The highest BCUT2D eigenvalue weighted by Gasteiger charge is 2.14. The fourth-order valence-electron chi connectivity index (χ4n) is 1.89. The molecule has 0 radical (unpaired) electrons. The van der Waals surface area contributed by atoms with E-state index < -0.39 is 5.97 Å². The molecule has 1 atom stereocenters. The number of rotatable bonds is 4. The predicted octanol–water partition coefficient (Wildman–Crippen LogP) is 3.69. The first-order chi connectivity index (χ1) is 9.61. The van der Waals surface area contributed by atoms with Crippen LogP contribution in [-0.2, 0) is 4.74 Å². The van der Waals surface area contributed by atoms with Gasteiger partial charge in [0.25, 0.3) is 0 Å². The van der Waals surface area contributed by atoms with Gasteiger partial charge in [-0.2, -0.15) is 0 Å². The molecule has 0 saturated heterocycles. The maximum absolute atomic E-state index is 11.7. The molecule has 0 bridgehead atoms. The minimum atomic E-state index is -0.397. The van der Waals surface area contributed by atoms with E-state index in [4.69, 9.17) is 16.3 Å². The van der Waals surface area contributed by atoms with Crippen LogP contribution >= 0.6 is 11.6 Å². The van der Waals surface area contributed by atoms with Crippen molar-refractivity contribution >= 4 is 23.3 Å². The molecular formula is C15H15ClN2O2. The SMILES string of the molecule is COC(=O)c1ccc(Cl)cc1NC(C)c1ccncc1. The zero-order valence-corrected chi connectivity index (χ0v) is 12.0. The molecule has 0 aliphatic rings. The lowest BCUT2D eigenvalue weighted by Crippen LogP contribution is -2.11. The summed E-state index contributed by atoms with van der Waals surface area (Å²) < 4.78 is 4.77. The van der Waals surface area contributed by atoms with E-state index in [1.165, 1.54) is 7.11 Å². The Labute approximate surface area is 122 Å². The van der Waals surface area contributed by atoms with Crippen molar-refractivity contribution in [2.45, 2.75) is 13.0 Å². The topological polar surface area (TPSA) is 51.2 Å². The number of aromatic nitrogens is 1. The molecule has 1 aromatic carbocycles. The number of methoxy groups -OCH3 is 1. The number of hydrogen-bond acceptors (Lipinski definition) is 4. The van der Waals surface area contributed by atoms with E-state index in [1.54, 1.807) is 30.6 Å². The standard InChI is InChI=1S/C15H15ClN2O2/c1-10(11-5-7-17-8-6-11)18-14-9-12(16)3-4-13(14)15(19)20-2/h3-10,18H,1-2H3. The number of nitrogens with one attached hydrogen (secondary N) is 1. The van der Waals surface area contributed by atoms with Crippen molar-refractivity contribution in [3.63, 3.8) is 0 Å². The van der Waals surface area contributed by atoms with Crippen LogP contribution in [0.4, 0.5) is 5.69 Å². The number of benzene rings is 1. The van der Waals surface area contributed by atoms with Gasteiger partial charge in [-0.05, 0) is 42.8 Å². The van der Waals surface area contributed by atoms with Crippen molar-refractivity contribution in [1.82, 2.24) is 4.98 Å². The van der Waals surface area contributed by atoms with Crippen LogP contribution < -0.4 is 5.32 Å². The van der Waals surface area contributed by atoms with Gasteiger partial charge in [-0.1, -0.05) is 11.6 Å². The number of esters is 1. The van der Waals surface area contributed by atoms with Gasteiger partial charge in [0.05, 0.1) is 18.4 Å². The summed E-state index contributed by atoms with van der Waals surface area (Å²) in [4.78, 5) is 15.7. The van der Waals surface area contributed by atoms with Crippen molar-refractivity contribution in [3.05, 3.63) is 58.9 Å². The summed E-state index contributed by atoms with van der Waals surface area (Å²) >= 11 is 5.99. The third kappa shape index (κ3) is 3.27. The number of carbonyl (C=O) groups is 1. The Bertz CT molecular complexity index is 602. The Morgan fingerprint density at radius 2 is 2.00 bits per heavy atom. The van der Waals surface area contributed by atoms with E-state index in [-0.39, 0.29) is 6.04 Å². The molecule has 1 aromatic heterocycles. The molecule has 2 aromatic rings. The monoisotopic (exact) mass is 290 g/mol. The van der Waals surface area contributed by atoms with Gasteiger partial charge in [0.2, 0.25) is 0 Å². The van der Waals surface area contributed by atoms with Crippen molar-refractivity contribution in [2.24, 2.45) is 0 Å². The van der Waals surface area contributed by atoms with Gasteiger partial charge in [0.15, 0.2) is 0 Å². The van der Waals surface area contributed by atoms with Gasteiger partial charge >= 0.3 is 5.97 Å². The predicted molar refractivity (Wildman–Crippen MR) is 79.1 cm³/mol. The summed E-state index contributed by atoms with van der Waals surface area (Å²) in [6.07, 6.45) is 3.46. The molecule has 0 spiro atoms. The van der Waals surface area contributed by atoms with Crippen molar-refractivity contribution in [1.29, 1.82) is 0 Å². The van der Waals surface area contributed by atoms with Crippen molar-refractivity contribution in [3.8, 4) is 0 Å². The second-order valence-corrected chi connectivity index (χ2v) is 4.76. The molecule has 20 heavy (non-hydrogen) atoms. The third-order valence-corrected chi connectivity index (χ3v) is 3.20. The second kappa shape index (κ2) is 6.39.